The number of thiazole rings is 1. The number of nitrogens with zero attached hydrogens (tertiary/aromatic N) is 3. The molecule has 9 heteroatoms. The molecule has 0 radical (unpaired) electrons. The Bertz CT molecular complexity index is 1580. The first-order chi connectivity index (χ1) is 19.4. The SMILES string of the molecule is Cc1cc(C)cc(COc2coc(CN3CCN(C(=O)c4csc(-c5ccc6c(c5)CCO6)n4)CC3)cc2=O)c1. The van der Waals surface area contributed by atoms with Crippen molar-refractivity contribution < 1.29 is 18.7 Å². The van der Waals surface area contributed by atoms with Gasteiger partial charge < -0.3 is 18.8 Å². The quantitative estimate of drug-likeness (QED) is 0.321. The van der Waals surface area contributed by atoms with Crippen molar-refractivity contribution in [2.75, 3.05) is 32.8 Å². The second kappa shape index (κ2) is 11.3. The fourth-order valence-corrected chi connectivity index (χ4v) is 6.05. The third-order valence-electron chi connectivity index (χ3n) is 7.23. The van der Waals surface area contributed by atoms with Crippen LogP contribution >= 0.6 is 11.3 Å². The number of aromatic nitrogens is 1. The van der Waals surface area contributed by atoms with Gasteiger partial charge in [-0.2, -0.15) is 0 Å². The fourth-order valence-electron chi connectivity index (χ4n) is 5.26. The molecular formula is C31H31N3O5S. The van der Waals surface area contributed by atoms with E-state index >= 15 is 0 Å². The van der Waals surface area contributed by atoms with E-state index in [1.807, 2.05) is 48.4 Å². The summed E-state index contributed by atoms with van der Waals surface area (Å²) in [5.74, 6) is 1.66. The van der Waals surface area contributed by atoms with Crippen molar-refractivity contribution in [3.05, 3.63) is 98.0 Å². The molecule has 0 aliphatic carbocycles. The largest absolute Gasteiger partial charge is 0.493 e. The summed E-state index contributed by atoms with van der Waals surface area (Å²) < 4.78 is 17.1. The van der Waals surface area contributed by atoms with E-state index in [0.29, 0.717) is 57.4 Å². The molecule has 2 aliphatic rings. The number of hydrogen-bond donors (Lipinski definition) is 0. The standard InChI is InChI=1S/C31H31N3O5S/c1-20-11-21(2)13-22(12-20)17-39-29-18-38-25(15-27(29)35)16-33-6-8-34(9-7-33)31(36)26-19-40-30(32-26)24-3-4-28-23(14-24)5-10-37-28/h3-4,11-15,18-19H,5-10,16-17H2,1-2H3. The number of carbonyl (C=O) groups excluding carboxylic acids is 1. The van der Waals surface area contributed by atoms with E-state index in [2.05, 4.69) is 22.0 Å². The topological polar surface area (TPSA) is 85.1 Å². The zero-order valence-electron chi connectivity index (χ0n) is 22.6. The molecule has 1 amide bonds. The van der Waals surface area contributed by atoms with Gasteiger partial charge in [0.1, 0.15) is 35.1 Å². The summed E-state index contributed by atoms with van der Waals surface area (Å²) in [6.07, 6.45) is 2.30. The van der Waals surface area contributed by atoms with Crippen LogP contribution < -0.4 is 14.9 Å². The molecule has 2 aliphatic heterocycles. The highest BCUT2D eigenvalue weighted by Gasteiger charge is 2.25. The van der Waals surface area contributed by atoms with Crippen LogP contribution in [0.15, 0.2) is 63.3 Å². The lowest BCUT2D eigenvalue weighted by atomic mass is 10.1. The Kier molecular flexibility index (Phi) is 7.40. The Morgan fingerprint density at radius 3 is 2.62 bits per heavy atom. The minimum atomic E-state index is -0.199. The average molecular weight is 558 g/mol. The molecule has 4 heterocycles. The summed E-state index contributed by atoms with van der Waals surface area (Å²) in [6, 6.07) is 13.8. The minimum absolute atomic E-state index is 0.0523. The van der Waals surface area contributed by atoms with Crippen molar-refractivity contribution in [2.45, 2.75) is 33.4 Å². The van der Waals surface area contributed by atoms with Crippen LogP contribution in [0.4, 0.5) is 0 Å². The third kappa shape index (κ3) is 5.80. The van der Waals surface area contributed by atoms with Gasteiger partial charge in [0.25, 0.3) is 5.91 Å². The maximum atomic E-state index is 13.1. The lowest BCUT2D eigenvalue weighted by Crippen LogP contribution is -2.48. The Morgan fingerprint density at radius 2 is 1.85 bits per heavy atom. The summed E-state index contributed by atoms with van der Waals surface area (Å²) in [5.41, 5.74) is 5.81. The normalized spacial score (nSPS) is 15.1. The molecule has 0 spiro atoms. The summed E-state index contributed by atoms with van der Waals surface area (Å²) in [7, 11) is 0. The number of amides is 1. The third-order valence-corrected chi connectivity index (χ3v) is 8.12. The number of benzene rings is 2. The molecule has 0 N–H and O–H groups in total. The number of aryl methyl sites for hydroxylation is 2. The van der Waals surface area contributed by atoms with Gasteiger partial charge in [0.05, 0.1) is 13.2 Å². The van der Waals surface area contributed by atoms with Crippen LogP contribution in [0.5, 0.6) is 11.5 Å². The second-order valence-electron chi connectivity index (χ2n) is 10.4. The maximum absolute atomic E-state index is 13.1. The summed E-state index contributed by atoms with van der Waals surface area (Å²) in [4.78, 5) is 34.4. The molecule has 1 fully saturated rings. The van der Waals surface area contributed by atoms with E-state index in [4.69, 9.17) is 13.9 Å². The number of hydrogen-bond acceptors (Lipinski definition) is 8. The molecule has 1 saturated heterocycles. The molecule has 206 valence electrons. The van der Waals surface area contributed by atoms with Gasteiger partial charge in [-0.3, -0.25) is 14.5 Å². The average Bonchev–Trinajstić information content (AvgIpc) is 3.62. The van der Waals surface area contributed by atoms with Gasteiger partial charge in [0.15, 0.2) is 0 Å². The number of carbonyl (C=O) groups is 1. The van der Waals surface area contributed by atoms with Crippen LogP contribution in [0.25, 0.3) is 10.6 Å². The molecule has 0 bridgehead atoms. The van der Waals surface area contributed by atoms with Gasteiger partial charge in [-0.25, -0.2) is 4.98 Å². The lowest BCUT2D eigenvalue weighted by molar-refractivity contribution is 0.0614. The zero-order valence-corrected chi connectivity index (χ0v) is 23.5. The van der Waals surface area contributed by atoms with Crippen LogP contribution in [0.1, 0.15) is 38.5 Å². The first kappa shape index (κ1) is 26.3. The van der Waals surface area contributed by atoms with E-state index in [9.17, 15) is 9.59 Å². The Balaban J connectivity index is 1.01. The molecule has 8 nitrogen and oxygen atoms in total. The zero-order chi connectivity index (χ0) is 27.6. The molecule has 2 aromatic heterocycles. The van der Waals surface area contributed by atoms with Crippen LogP contribution in [-0.2, 0) is 19.6 Å². The highest BCUT2D eigenvalue weighted by atomic mass is 32.1. The van der Waals surface area contributed by atoms with Crippen molar-refractivity contribution >= 4 is 17.2 Å². The smallest absolute Gasteiger partial charge is 0.273 e. The van der Waals surface area contributed by atoms with Crippen molar-refractivity contribution in [3.8, 4) is 22.1 Å². The predicted octanol–water partition coefficient (Wildman–Crippen LogP) is 4.85. The lowest BCUT2D eigenvalue weighted by Gasteiger charge is -2.34. The van der Waals surface area contributed by atoms with Crippen molar-refractivity contribution in [2.24, 2.45) is 0 Å². The predicted molar refractivity (Wildman–Crippen MR) is 153 cm³/mol. The van der Waals surface area contributed by atoms with Gasteiger partial charge in [0, 0.05) is 49.6 Å². The molecule has 2 aromatic carbocycles. The van der Waals surface area contributed by atoms with E-state index in [1.165, 1.54) is 29.2 Å². The Labute approximate surface area is 236 Å². The Hall–Kier alpha value is -3.95. The summed E-state index contributed by atoms with van der Waals surface area (Å²) >= 11 is 1.49. The van der Waals surface area contributed by atoms with Crippen molar-refractivity contribution in [3.63, 3.8) is 0 Å². The summed E-state index contributed by atoms with van der Waals surface area (Å²) in [6.45, 7) is 8.14. The number of ether oxygens (including phenoxy) is 2. The monoisotopic (exact) mass is 557 g/mol. The molecule has 0 unspecified atom stereocenters. The number of rotatable bonds is 7. The maximum Gasteiger partial charge on any atom is 0.273 e. The van der Waals surface area contributed by atoms with E-state index in [0.717, 1.165) is 39.4 Å². The van der Waals surface area contributed by atoms with Gasteiger partial charge in [-0.05, 0) is 43.2 Å². The Morgan fingerprint density at radius 1 is 1.05 bits per heavy atom. The van der Waals surface area contributed by atoms with Crippen LogP contribution in [0, 0.1) is 13.8 Å². The molecule has 0 atom stereocenters. The number of fused-ring (bicyclic) bond motifs is 1. The van der Waals surface area contributed by atoms with Crippen LogP contribution in [-0.4, -0.2) is 53.5 Å². The molecule has 0 saturated carbocycles. The first-order valence-corrected chi connectivity index (χ1v) is 14.3. The molecule has 6 rings (SSSR count). The van der Waals surface area contributed by atoms with Crippen LogP contribution in [0.2, 0.25) is 0 Å². The molecule has 4 aromatic rings. The van der Waals surface area contributed by atoms with E-state index in [-0.39, 0.29) is 17.1 Å². The minimum Gasteiger partial charge on any atom is -0.493 e. The van der Waals surface area contributed by atoms with Crippen molar-refractivity contribution in [1.29, 1.82) is 0 Å². The molecular weight excluding hydrogens is 526 g/mol. The van der Waals surface area contributed by atoms with Gasteiger partial charge in [-0.1, -0.05) is 29.3 Å². The number of piperazine rings is 1. The highest BCUT2D eigenvalue weighted by molar-refractivity contribution is 7.13. The highest BCUT2D eigenvalue weighted by Crippen LogP contribution is 2.32. The second-order valence-corrected chi connectivity index (χ2v) is 11.2. The van der Waals surface area contributed by atoms with Gasteiger partial charge in [-0.15, -0.1) is 11.3 Å². The summed E-state index contributed by atoms with van der Waals surface area (Å²) in [5, 5.41) is 2.68. The van der Waals surface area contributed by atoms with Gasteiger partial charge >= 0.3 is 0 Å². The van der Waals surface area contributed by atoms with E-state index < -0.39 is 0 Å². The fraction of sp³-hybridized carbons (Fsp3) is 0.323. The van der Waals surface area contributed by atoms with Crippen LogP contribution in [0.3, 0.4) is 0 Å². The molecule has 40 heavy (non-hydrogen) atoms. The van der Waals surface area contributed by atoms with Gasteiger partial charge in [0.2, 0.25) is 11.2 Å². The van der Waals surface area contributed by atoms with Crippen molar-refractivity contribution in [1.82, 2.24) is 14.8 Å². The van der Waals surface area contributed by atoms with E-state index in [1.54, 1.807) is 0 Å². The first-order valence-electron chi connectivity index (χ1n) is 13.5.